The SMILES string of the molecule is CC(=O)Oc1ccc(-c2cc3cccc(OC(C)=O)c3oc2=O)cc1OC(C)=O. The largest absolute Gasteiger partial charge is 0.423 e. The highest BCUT2D eigenvalue weighted by molar-refractivity contribution is 5.88. The number of hydrogen-bond donors (Lipinski definition) is 0. The summed E-state index contributed by atoms with van der Waals surface area (Å²) >= 11 is 0. The van der Waals surface area contributed by atoms with E-state index in [2.05, 4.69) is 0 Å². The molecule has 0 unspecified atom stereocenters. The van der Waals surface area contributed by atoms with E-state index in [1.165, 1.54) is 45.0 Å². The summed E-state index contributed by atoms with van der Waals surface area (Å²) < 4.78 is 20.6. The number of carbonyl (C=O) groups excluding carboxylic acids is 3. The average Bonchev–Trinajstić information content (AvgIpc) is 2.62. The summed E-state index contributed by atoms with van der Waals surface area (Å²) in [5.41, 5.74) is 0.00486. The van der Waals surface area contributed by atoms with Crippen LogP contribution in [0.25, 0.3) is 22.1 Å². The van der Waals surface area contributed by atoms with Crippen LogP contribution in [0.5, 0.6) is 17.2 Å². The Morgan fingerprint density at radius 3 is 2.03 bits per heavy atom. The van der Waals surface area contributed by atoms with Crippen LogP contribution in [0.15, 0.2) is 51.7 Å². The summed E-state index contributed by atoms with van der Waals surface area (Å²) in [6.45, 7) is 3.65. The predicted molar refractivity (Wildman–Crippen MR) is 102 cm³/mol. The van der Waals surface area contributed by atoms with Crippen molar-refractivity contribution >= 4 is 28.9 Å². The van der Waals surface area contributed by atoms with Crippen LogP contribution < -0.4 is 19.8 Å². The van der Waals surface area contributed by atoms with E-state index in [-0.39, 0.29) is 28.4 Å². The van der Waals surface area contributed by atoms with Gasteiger partial charge in [-0.15, -0.1) is 0 Å². The first kappa shape index (κ1) is 19.8. The van der Waals surface area contributed by atoms with E-state index in [0.29, 0.717) is 10.9 Å². The standard InChI is InChI=1S/C21H16O8/c1-11(22)26-17-8-7-14(10-19(17)28-13(3)24)16-9-15-5-4-6-18(27-12(2)23)20(15)29-21(16)25/h4-10H,1-3H3. The Balaban J connectivity index is 2.13. The van der Waals surface area contributed by atoms with Crippen LogP contribution in [0.1, 0.15) is 20.8 Å². The second-order valence-corrected chi connectivity index (χ2v) is 6.06. The van der Waals surface area contributed by atoms with Crippen LogP contribution >= 0.6 is 0 Å². The van der Waals surface area contributed by atoms with Gasteiger partial charge in [-0.1, -0.05) is 18.2 Å². The summed E-state index contributed by atoms with van der Waals surface area (Å²) in [6, 6.07) is 10.7. The van der Waals surface area contributed by atoms with E-state index in [9.17, 15) is 19.2 Å². The van der Waals surface area contributed by atoms with Crippen molar-refractivity contribution in [3.63, 3.8) is 0 Å². The first-order valence-electron chi connectivity index (χ1n) is 8.51. The van der Waals surface area contributed by atoms with Gasteiger partial charge in [-0.2, -0.15) is 0 Å². The molecule has 0 fully saturated rings. The first-order chi connectivity index (χ1) is 13.7. The van der Waals surface area contributed by atoms with Gasteiger partial charge in [-0.3, -0.25) is 14.4 Å². The molecule has 148 valence electrons. The minimum atomic E-state index is -0.689. The molecular formula is C21H16O8. The minimum Gasteiger partial charge on any atom is -0.423 e. The lowest BCUT2D eigenvalue weighted by Gasteiger charge is -2.11. The van der Waals surface area contributed by atoms with E-state index in [0.717, 1.165) is 0 Å². The smallest absolute Gasteiger partial charge is 0.344 e. The summed E-state index contributed by atoms with van der Waals surface area (Å²) in [6.07, 6.45) is 0. The lowest BCUT2D eigenvalue weighted by Crippen LogP contribution is -2.08. The third-order valence-corrected chi connectivity index (χ3v) is 3.74. The third kappa shape index (κ3) is 4.49. The molecule has 29 heavy (non-hydrogen) atoms. The van der Waals surface area contributed by atoms with Crippen molar-refractivity contribution < 1.29 is 33.0 Å². The molecular weight excluding hydrogens is 380 g/mol. The molecule has 0 aliphatic carbocycles. The van der Waals surface area contributed by atoms with Crippen LogP contribution in [-0.2, 0) is 14.4 Å². The minimum absolute atomic E-state index is 0.0154. The van der Waals surface area contributed by atoms with Gasteiger partial charge in [0.1, 0.15) is 0 Å². The van der Waals surface area contributed by atoms with Crippen molar-refractivity contribution in [2.24, 2.45) is 0 Å². The van der Waals surface area contributed by atoms with Gasteiger partial charge in [0, 0.05) is 26.2 Å². The second-order valence-electron chi connectivity index (χ2n) is 6.06. The molecule has 2 aromatic carbocycles. The fourth-order valence-corrected chi connectivity index (χ4v) is 2.70. The zero-order valence-electron chi connectivity index (χ0n) is 15.8. The van der Waals surface area contributed by atoms with Crippen LogP contribution in [-0.4, -0.2) is 17.9 Å². The molecule has 3 aromatic rings. The number of ether oxygens (including phenoxy) is 3. The third-order valence-electron chi connectivity index (χ3n) is 3.74. The summed E-state index contributed by atoms with van der Waals surface area (Å²) in [5, 5.41) is 0.524. The molecule has 0 saturated heterocycles. The maximum absolute atomic E-state index is 12.6. The summed E-state index contributed by atoms with van der Waals surface area (Å²) in [7, 11) is 0. The monoisotopic (exact) mass is 396 g/mol. The quantitative estimate of drug-likeness (QED) is 0.376. The van der Waals surface area contributed by atoms with Crippen LogP contribution in [0.2, 0.25) is 0 Å². The van der Waals surface area contributed by atoms with E-state index < -0.39 is 23.5 Å². The Kier molecular flexibility index (Phi) is 5.45. The molecule has 3 rings (SSSR count). The zero-order chi connectivity index (χ0) is 21.1. The average molecular weight is 396 g/mol. The van der Waals surface area contributed by atoms with Gasteiger partial charge < -0.3 is 18.6 Å². The number of para-hydroxylation sites is 1. The second kappa shape index (κ2) is 7.97. The van der Waals surface area contributed by atoms with Gasteiger partial charge in [0.2, 0.25) is 0 Å². The highest BCUT2D eigenvalue weighted by Gasteiger charge is 2.16. The van der Waals surface area contributed by atoms with Crippen molar-refractivity contribution in [3.05, 3.63) is 52.9 Å². The van der Waals surface area contributed by atoms with Gasteiger partial charge in [0.05, 0.1) is 5.56 Å². The van der Waals surface area contributed by atoms with Gasteiger partial charge in [-0.05, 0) is 29.8 Å². The number of rotatable bonds is 4. The van der Waals surface area contributed by atoms with Crippen LogP contribution in [0.3, 0.4) is 0 Å². The molecule has 8 nitrogen and oxygen atoms in total. The lowest BCUT2D eigenvalue weighted by atomic mass is 10.1. The fourth-order valence-electron chi connectivity index (χ4n) is 2.70. The summed E-state index contributed by atoms with van der Waals surface area (Å²) in [4.78, 5) is 46.4. The molecule has 0 saturated carbocycles. The number of fused-ring (bicyclic) bond motifs is 1. The Morgan fingerprint density at radius 2 is 1.38 bits per heavy atom. The molecule has 0 atom stereocenters. The van der Waals surface area contributed by atoms with Crippen molar-refractivity contribution in [1.29, 1.82) is 0 Å². The molecule has 0 spiro atoms. The first-order valence-corrected chi connectivity index (χ1v) is 8.51. The molecule has 8 heteroatoms. The Morgan fingerprint density at radius 1 is 0.759 bits per heavy atom. The van der Waals surface area contributed by atoms with Gasteiger partial charge in [0.15, 0.2) is 22.8 Å². The van der Waals surface area contributed by atoms with Crippen molar-refractivity contribution in [2.45, 2.75) is 20.8 Å². The lowest BCUT2D eigenvalue weighted by molar-refractivity contribution is -0.134. The molecule has 1 heterocycles. The maximum atomic E-state index is 12.6. The molecule has 1 aromatic heterocycles. The number of carbonyl (C=O) groups is 3. The van der Waals surface area contributed by atoms with E-state index in [1.54, 1.807) is 18.2 Å². The number of hydrogen-bond acceptors (Lipinski definition) is 8. The number of benzene rings is 2. The normalized spacial score (nSPS) is 10.4. The van der Waals surface area contributed by atoms with Gasteiger partial charge >= 0.3 is 23.5 Å². The Bertz CT molecular complexity index is 1190. The highest BCUT2D eigenvalue weighted by Crippen LogP contribution is 2.34. The van der Waals surface area contributed by atoms with Crippen LogP contribution in [0.4, 0.5) is 0 Å². The highest BCUT2D eigenvalue weighted by atomic mass is 16.6. The Labute approximate surface area is 164 Å². The van der Waals surface area contributed by atoms with Crippen LogP contribution in [0, 0.1) is 0 Å². The van der Waals surface area contributed by atoms with Crippen molar-refractivity contribution in [1.82, 2.24) is 0 Å². The van der Waals surface area contributed by atoms with E-state index in [4.69, 9.17) is 18.6 Å². The van der Waals surface area contributed by atoms with Crippen molar-refractivity contribution in [3.8, 4) is 28.4 Å². The predicted octanol–water partition coefficient (Wildman–Crippen LogP) is 3.24. The topological polar surface area (TPSA) is 109 Å². The Hall–Kier alpha value is -3.94. The number of esters is 3. The van der Waals surface area contributed by atoms with Gasteiger partial charge in [0.25, 0.3) is 0 Å². The summed E-state index contributed by atoms with van der Waals surface area (Å²) in [5.74, 6) is -1.60. The molecule has 0 N–H and O–H groups in total. The molecule has 0 amide bonds. The molecule has 0 bridgehead atoms. The van der Waals surface area contributed by atoms with E-state index in [1.807, 2.05) is 0 Å². The molecule has 0 aliphatic rings. The fraction of sp³-hybridized carbons (Fsp3) is 0.143. The van der Waals surface area contributed by atoms with Crippen molar-refractivity contribution in [2.75, 3.05) is 0 Å². The maximum Gasteiger partial charge on any atom is 0.344 e. The molecule has 0 aliphatic heterocycles. The zero-order valence-corrected chi connectivity index (χ0v) is 15.8. The van der Waals surface area contributed by atoms with E-state index >= 15 is 0 Å². The molecule has 0 radical (unpaired) electrons. The van der Waals surface area contributed by atoms with Gasteiger partial charge in [-0.25, -0.2) is 4.79 Å².